The summed E-state index contributed by atoms with van der Waals surface area (Å²) in [7, 11) is 3.14. The molecule has 0 aliphatic heterocycles. The van der Waals surface area contributed by atoms with Crippen molar-refractivity contribution in [2.45, 2.75) is 37.9 Å². The molecule has 0 aliphatic carbocycles. The minimum absolute atomic E-state index is 0.353. The van der Waals surface area contributed by atoms with Crippen LogP contribution >= 0.6 is 0 Å². The molecular weight excluding hydrogens is 264 g/mol. The Kier molecular flexibility index (Phi) is 15.0. The second-order valence-electron chi connectivity index (χ2n) is 4.73. The van der Waals surface area contributed by atoms with Gasteiger partial charge in [0.25, 0.3) is 0 Å². The zero-order valence-electron chi connectivity index (χ0n) is 12.8. The summed E-state index contributed by atoms with van der Waals surface area (Å²) in [6.45, 7) is 3.16. The Hall–Kier alpha value is -0.240. The van der Waals surface area contributed by atoms with E-state index in [4.69, 9.17) is 18.9 Å². The van der Waals surface area contributed by atoms with Crippen LogP contribution in [0.25, 0.3) is 0 Å². The number of rotatable bonds is 15. The first-order chi connectivity index (χ1) is 9.70. The first-order valence-corrected chi connectivity index (χ1v) is 7.20. The topological polar surface area (TPSA) is 77.4 Å². The molecular formula is C14H30O6. The minimum atomic E-state index is -0.443. The molecule has 0 bridgehead atoms. The van der Waals surface area contributed by atoms with Crippen LogP contribution in [0.1, 0.15) is 25.7 Å². The third-order valence-corrected chi connectivity index (χ3v) is 2.74. The SMILES string of the molecule is COCC(O)CCOCCCCOCCC(O)COC. The highest BCUT2D eigenvalue weighted by Gasteiger charge is 2.03. The second kappa shape index (κ2) is 15.2. The zero-order chi connectivity index (χ0) is 15.1. The fraction of sp³-hybridized carbons (Fsp3) is 1.00. The number of hydrogen-bond acceptors (Lipinski definition) is 6. The smallest absolute Gasteiger partial charge is 0.0795 e. The molecule has 6 nitrogen and oxygen atoms in total. The molecule has 0 saturated heterocycles. The number of hydrogen-bond donors (Lipinski definition) is 2. The molecule has 0 rings (SSSR count). The standard InChI is InChI=1S/C14H30O6/c1-17-11-13(15)5-9-19-7-3-4-8-20-10-6-14(16)12-18-2/h13-16H,3-12H2,1-2H3. The molecule has 0 amide bonds. The van der Waals surface area contributed by atoms with Crippen LogP contribution < -0.4 is 0 Å². The summed E-state index contributed by atoms with van der Waals surface area (Å²) in [5.74, 6) is 0. The largest absolute Gasteiger partial charge is 0.391 e. The first kappa shape index (κ1) is 19.8. The highest BCUT2D eigenvalue weighted by atomic mass is 16.5. The number of unbranched alkanes of at least 4 members (excludes halogenated alkanes) is 1. The Morgan fingerprint density at radius 2 is 1.10 bits per heavy atom. The molecule has 6 heteroatoms. The fourth-order valence-electron chi connectivity index (χ4n) is 1.60. The van der Waals surface area contributed by atoms with Gasteiger partial charge in [-0.25, -0.2) is 0 Å². The summed E-state index contributed by atoms with van der Waals surface area (Å²) < 4.78 is 20.4. The van der Waals surface area contributed by atoms with Gasteiger partial charge in [0.05, 0.1) is 25.4 Å². The minimum Gasteiger partial charge on any atom is -0.391 e. The van der Waals surface area contributed by atoms with Gasteiger partial charge in [0.15, 0.2) is 0 Å². The van der Waals surface area contributed by atoms with Gasteiger partial charge in [0.1, 0.15) is 0 Å². The molecule has 2 unspecified atom stereocenters. The van der Waals surface area contributed by atoms with Gasteiger partial charge in [0.2, 0.25) is 0 Å². The number of ether oxygens (including phenoxy) is 4. The molecule has 0 aliphatic rings. The second-order valence-corrected chi connectivity index (χ2v) is 4.73. The van der Waals surface area contributed by atoms with Crippen LogP contribution in [0.2, 0.25) is 0 Å². The monoisotopic (exact) mass is 294 g/mol. The van der Waals surface area contributed by atoms with Crippen molar-refractivity contribution in [3.63, 3.8) is 0 Å². The van der Waals surface area contributed by atoms with E-state index in [9.17, 15) is 10.2 Å². The van der Waals surface area contributed by atoms with Gasteiger partial charge in [-0.3, -0.25) is 0 Å². The quantitative estimate of drug-likeness (QED) is 0.431. The van der Waals surface area contributed by atoms with E-state index in [-0.39, 0.29) is 0 Å². The number of methoxy groups -OCH3 is 2. The van der Waals surface area contributed by atoms with Crippen LogP contribution in [0.3, 0.4) is 0 Å². The summed E-state index contributed by atoms with van der Waals surface area (Å²) in [6, 6.07) is 0. The summed E-state index contributed by atoms with van der Waals surface area (Å²) in [6.07, 6.45) is 2.18. The van der Waals surface area contributed by atoms with Crippen LogP contribution in [0.5, 0.6) is 0 Å². The van der Waals surface area contributed by atoms with E-state index in [0.717, 1.165) is 12.8 Å². The maximum absolute atomic E-state index is 9.38. The lowest BCUT2D eigenvalue weighted by Gasteiger charge is -2.10. The molecule has 0 saturated carbocycles. The summed E-state index contributed by atoms with van der Waals surface area (Å²) in [4.78, 5) is 0. The normalized spacial score (nSPS) is 14.4. The van der Waals surface area contributed by atoms with E-state index in [1.165, 1.54) is 0 Å². The molecule has 0 aromatic rings. The van der Waals surface area contributed by atoms with Gasteiger partial charge >= 0.3 is 0 Å². The fourth-order valence-corrected chi connectivity index (χ4v) is 1.60. The van der Waals surface area contributed by atoms with Gasteiger partial charge in [-0.2, -0.15) is 0 Å². The maximum atomic E-state index is 9.38. The van der Waals surface area contributed by atoms with Crippen LogP contribution in [0.15, 0.2) is 0 Å². The van der Waals surface area contributed by atoms with E-state index in [0.29, 0.717) is 52.5 Å². The molecule has 0 aromatic carbocycles. The van der Waals surface area contributed by atoms with Crippen molar-refractivity contribution in [1.29, 1.82) is 0 Å². The third-order valence-electron chi connectivity index (χ3n) is 2.74. The number of aliphatic hydroxyl groups excluding tert-OH is 2. The molecule has 0 heterocycles. The lowest BCUT2D eigenvalue weighted by atomic mass is 10.3. The van der Waals surface area contributed by atoms with E-state index >= 15 is 0 Å². The first-order valence-electron chi connectivity index (χ1n) is 7.20. The molecule has 2 N–H and O–H groups in total. The summed E-state index contributed by atoms with van der Waals surface area (Å²) in [5.41, 5.74) is 0. The van der Waals surface area contributed by atoms with Crippen LogP contribution in [0.4, 0.5) is 0 Å². The van der Waals surface area contributed by atoms with Crippen molar-refractivity contribution in [2.24, 2.45) is 0 Å². The Morgan fingerprint density at radius 3 is 1.45 bits per heavy atom. The van der Waals surface area contributed by atoms with Crippen molar-refractivity contribution >= 4 is 0 Å². The molecule has 20 heavy (non-hydrogen) atoms. The lowest BCUT2D eigenvalue weighted by Crippen LogP contribution is -2.17. The van der Waals surface area contributed by atoms with Crippen molar-refractivity contribution < 1.29 is 29.2 Å². The Bertz CT molecular complexity index is 171. The molecule has 0 radical (unpaired) electrons. The summed E-state index contributed by atoms with van der Waals surface area (Å²) in [5, 5.41) is 18.8. The van der Waals surface area contributed by atoms with Crippen molar-refractivity contribution in [3.05, 3.63) is 0 Å². The van der Waals surface area contributed by atoms with Crippen LogP contribution in [-0.2, 0) is 18.9 Å². The van der Waals surface area contributed by atoms with Gasteiger partial charge in [-0.15, -0.1) is 0 Å². The third kappa shape index (κ3) is 14.2. The predicted molar refractivity (Wildman–Crippen MR) is 75.9 cm³/mol. The van der Waals surface area contributed by atoms with E-state index < -0.39 is 12.2 Å². The van der Waals surface area contributed by atoms with E-state index in [1.807, 2.05) is 0 Å². The lowest BCUT2D eigenvalue weighted by molar-refractivity contribution is 0.0245. The van der Waals surface area contributed by atoms with Crippen LogP contribution in [-0.4, -0.2) is 76.3 Å². The van der Waals surface area contributed by atoms with E-state index in [2.05, 4.69) is 0 Å². The number of aliphatic hydroxyl groups is 2. The van der Waals surface area contributed by atoms with Crippen molar-refractivity contribution in [3.8, 4) is 0 Å². The molecule has 0 fully saturated rings. The highest BCUT2D eigenvalue weighted by Crippen LogP contribution is 1.98. The maximum Gasteiger partial charge on any atom is 0.0795 e. The predicted octanol–water partition coefficient (Wildman–Crippen LogP) is 0.595. The van der Waals surface area contributed by atoms with Crippen molar-refractivity contribution in [2.75, 3.05) is 53.9 Å². The molecule has 0 aromatic heterocycles. The molecule has 0 spiro atoms. The Labute approximate surface area is 122 Å². The van der Waals surface area contributed by atoms with Crippen LogP contribution in [0, 0.1) is 0 Å². The molecule has 2 atom stereocenters. The van der Waals surface area contributed by atoms with Gasteiger partial charge in [-0.1, -0.05) is 0 Å². The van der Waals surface area contributed by atoms with Crippen molar-refractivity contribution in [1.82, 2.24) is 0 Å². The van der Waals surface area contributed by atoms with Gasteiger partial charge in [-0.05, 0) is 25.7 Å². The highest BCUT2D eigenvalue weighted by molar-refractivity contribution is 4.53. The average molecular weight is 294 g/mol. The van der Waals surface area contributed by atoms with E-state index in [1.54, 1.807) is 14.2 Å². The Morgan fingerprint density at radius 1 is 0.700 bits per heavy atom. The van der Waals surface area contributed by atoms with Gasteiger partial charge < -0.3 is 29.2 Å². The molecule has 122 valence electrons. The average Bonchev–Trinajstić information content (AvgIpc) is 2.41. The Balaban J connectivity index is 3.10. The van der Waals surface area contributed by atoms with Gasteiger partial charge in [0, 0.05) is 40.6 Å². The summed E-state index contributed by atoms with van der Waals surface area (Å²) >= 11 is 0. The zero-order valence-corrected chi connectivity index (χ0v) is 12.8.